The van der Waals surface area contributed by atoms with Crippen LogP contribution in [0.2, 0.25) is 0 Å². The summed E-state index contributed by atoms with van der Waals surface area (Å²) in [6.07, 6.45) is 0. The fraction of sp³-hybridized carbons (Fsp3) is 0.333. The van der Waals surface area contributed by atoms with Gasteiger partial charge in [0.25, 0.3) is 0 Å². The van der Waals surface area contributed by atoms with Crippen LogP contribution in [-0.4, -0.2) is 0 Å². The average Bonchev–Trinajstić information content (AvgIpc) is 2.40. The van der Waals surface area contributed by atoms with Crippen molar-refractivity contribution in [1.82, 2.24) is 0 Å². The van der Waals surface area contributed by atoms with E-state index in [9.17, 15) is 4.39 Å². The smallest absolute Gasteiger partial charge is 0.134 e. The number of benzene rings is 2. The van der Waals surface area contributed by atoms with E-state index in [1.807, 2.05) is 13.0 Å². The van der Waals surface area contributed by atoms with Gasteiger partial charge in [-0.1, -0.05) is 54.9 Å². The highest BCUT2D eigenvalue weighted by atomic mass is 79.9. The van der Waals surface area contributed by atoms with Crippen LogP contribution >= 0.6 is 15.9 Å². The molecule has 1 nitrogen and oxygen atoms in total. The first-order chi connectivity index (χ1) is 9.82. The fourth-order valence-corrected chi connectivity index (χ4v) is 2.66. The molecule has 0 aliphatic carbocycles. The molecule has 0 saturated heterocycles. The number of aryl methyl sites for hydroxylation is 1. The first-order valence-electron chi connectivity index (χ1n) is 6.95. The molecule has 112 valence electrons. The SMILES string of the molecule is Cc1cc(C(C)(C)C)ccc1Oc1cccc(F)c1CBr. The lowest BCUT2D eigenvalue weighted by Crippen LogP contribution is -2.11. The summed E-state index contributed by atoms with van der Waals surface area (Å²) in [5.41, 5.74) is 2.94. The van der Waals surface area contributed by atoms with Gasteiger partial charge in [-0.05, 0) is 41.7 Å². The largest absolute Gasteiger partial charge is 0.457 e. The Hall–Kier alpha value is -1.35. The van der Waals surface area contributed by atoms with Crippen molar-refractivity contribution in [2.45, 2.75) is 38.4 Å². The van der Waals surface area contributed by atoms with Crippen molar-refractivity contribution in [3.8, 4) is 11.5 Å². The number of alkyl halides is 1. The molecule has 0 heterocycles. The first-order valence-corrected chi connectivity index (χ1v) is 8.07. The molecule has 2 aromatic carbocycles. The highest BCUT2D eigenvalue weighted by Gasteiger charge is 2.16. The van der Waals surface area contributed by atoms with Gasteiger partial charge in [-0.3, -0.25) is 0 Å². The van der Waals surface area contributed by atoms with Crippen LogP contribution in [0, 0.1) is 12.7 Å². The predicted molar refractivity (Wildman–Crippen MR) is 89.0 cm³/mol. The summed E-state index contributed by atoms with van der Waals surface area (Å²) < 4.78 is 19.7. The minimum Gasteiger partial charge on any atom is -0.457 e. The molecule has 0 N–H and O–H groups in total. The third-order valence-corrected chi connectivity index (χ3v) is 4.03. The van der Waals surface area contributed by atoms with E-state index in [1.54, 1.807) is 12.1 Å². The van der Waals surface area contributed by atoms with Crippen LogP contribution in [0.25, 0.3) is 0 Å². The van der Waals surface area contributed by atoms with Crippen LogP contribution in [0.4, 0.5) is 4.39 Å². The topological polar surface area (TPSA) is 9.23 Å². The minimum absolute atomic E-state index is 0.100. The summed E-state index contributed by atoms with van der Waals surface area (Å²) in [6, 6.07) is 11.0. The summed E-state index contributed by atoms with van der Waals surface area (Å²) >= 11 is 3.31. The van der Waals surface area contributed by atoms with Crippen LogP contribution in [0.1, 0.15) is 37.5 Å². The molecule has 0 atom stereocenters. The third-order valence-electron chi connectivity index (χ3n) is 3.47. The van der Waals surface area contributed by atoms with Gasteiger partial charge >= 0.3 is 0 Å². The summed E-state index contributed by atoms with van der Waals surface area (Å²) in [5.74, 6) is 1.06. The van der Waals surface area contributed by atoms with Crippen LogP contribution in [0.15, 0.2) is 36.4 Å². The summed E-state index contributed by atoms with van der Waals surface area (Å²) in [4.78, 5) is 0. The number of ether oxygens (including phenoxy) is 1. The first kappa shape index (κ1) is 16.0. The van der Waals surface area contributed by atoms with Gasteiger partial charge in [0.15, 0.2) is 0 Å². The Labute approximate surface area is 134 Å². The molecule has 0 aliphatic heterocycles. The maximum Gasteiger partial charge on any atom is 0.134 e. The summed E-state index contributed by atoms with van der Waals surface area (Å²) in [6.45, 7) is 8.55. The van der Waals surface area contributed by atoms with Crippen molar-refractivity contribution < 1.29 is 9.13 Å². The van der Waals surface area contributed by atoms with Gasteiger partial charge in [0.05, 0.1) is 0 Å². The average molecular weight is 351 g/mol. The van der Waals surface area contributed by atoms with E-state index >= 15 is 0 Å². The van der Waals surface area contributed by atoms with E-state index in [1.165, 1.54) is 11.6 Å². The maximum absolute atomic E-state index is 13.8. The highest BCUT2D eigenvalue weighted by Crippen LogP contribution is 2.33. The highest BCUT2D eigenvalue weighted by molar-refractivity contribution is 9.08. The van der Waals surface area contributed by atoms with E-state index in [-0.39, 0.29) is 11.2 Å². The molecule has 0 amide bonds. The molecule has 0 aliphatic rings. The van der Waals surface area contributed by atoms with Gasteiger partial charge in [-0.2, -0.15) is 0 Å². The molecule has 0 unspecified atom stereocenters. The molecule has 3 heteroatoms. The molecule has 0 fully saturated rings. The molecule has 2 rings (SSSR count). The summed E-state index contributed by atoms with van der Waals surface area (Å²) in [5, 5.41) is 0.425. The molecule has 0 radical (unpaired) electrons. The van der Waals surface area contributed by atoms with E-state index in [2.05, 4.69) is 48.8 Å². The Bertz CT molecular complexity index is 644. The van der Waals surface area contributed by atoms with E-state index in [0.717, 1.165) is 11.3 Å². The second kappa shape index (κ2) is 6.18. The van der Waals surface area contributed by atoms with Gasteiger partial charge in [-0.25, -0.2) is 4.39 Å². The van der Waals surface area contributed by atoms with Crippen LogP contribution in [0.5, 0.6) is 11.5 Å². The number of rotatable bonds is 3. The molecule has 2 aromatic rings. The lowest BCUT2D eigenvalue weighted by molar-refractivity contribution is 0.466. The number of hydrogen-bond acceptors (Lipinski definition) is 1. The van der Waals surface area contributed by atoms with Crippen molar-refractivity contribution in [3.63, 3.8) is 0 Å². The van der Waals surface area contributed by atoms with E-state index in [0.29, 0.717) is 16.6 Å². The molecule has 0 saturated carbocycles. The fourth-order valence-electron chi connectivity index (χ4n) is 2.11. The second-order valence-corrected chi connectivity index (χ2v) is 6.74. The molecular formula is C18H20BrFO. The lowest BCUT2D eigenvalue weighted by Gasteiger charge is -2.21. The molecular weight excluding hydrogens is 331 g/mol. The van der Waals surface area contributed by atoms with Crippen molar-refractivity contribution >= 4 is 15.9 Å². The Morgan fingerprint density at radius 1 is 1.10 bits per heavy atom. The molecule has 0 aromatic heterocycles. The monoisotopic (exact) mass is 350 g/mol. The zero-order valence-corrected chi connectivity index (χ0v) is 14.4. The van der Waals surface area contributed by atoms with Gasteiger partial charge < -0.3 is 4.74 Å². The normalized spacial score (nSPS) is 11.5. The van der Waals surface area contributed by atoms with E-state index < -0.39 is 0 Å². The third kappa shape index (κ3) is 3.65. The number of halogens is 2. The molecule has 21 heavy (non-hydrogen) atoms. The van der Waals surface area contributed by atoms with Crippen molar-refractivity contribution in [2.75, 3.05) is 0 Å². The van der Waals surface area contributed by atoms with Crippen molar-refractivity contribution in [1.29, 1.82) is 0 Å². The summed E-state index contributed by atoms with van der Waals surface area (Å²) in [7, 11) is 0. The second-order valence-electron chi connectivity index (χ2n) is 6.18. The van der Waals surface area contributed by atoms with Crippen molar-refractivity contribution in [3.05, 3.63) is 58.9 Å². The Balaban J connectivity index is 2.35. The Morgan fingerprint density at radius 3 is 2.38 bits per heavy atom. The predicted octanol–water partition coefficient (Wildman–Crippen LogP) is 6.12. The number of hydrogen-bond donors (Lipinski definition) is 0. The molecule has 0 spiro atoms. The van der Waals surface area contributed by atoms with Crippen LogP contribution < -0.4 is 4.74 Å². The van der Waals surface area contributed by atoms with Gasteiger partial charge in [0.2, 0.25) is 0 Å². The zero-order valence-electron chi connectivity index (χ0n) is 12.8. The van der Waals surface area contributed by atoms with Gasteiger partial charge in [0, 0.05) is 10.9 Å². The lowest BCUT2D eigenvalue weighted by atomic mass is 9.86. The van der Waals surface area contributed by atoms with Gasteiger partial charge in [-0.15, -0.1) is 0 Å². The van der Waals surface area contributed by atoms with Gasteiger partial charge in [0.1, 0.15) is 17.3 Å². The van der Waals surface area contributed by atoms with Crippen LogP contribution in [0.3, 0.4) is 0 Å². The van der Waals surface area contributed by atoms with E-state index in [4.69, 9.17) is 4.74 Å². The molecule has 0 bridgehead atoms. The zero-order chi connectivity index (χ0) is 15.6. The minimum atomic E-state index is -0.256. The van der Waals surface area contributed by atoms with Crippen molar-refractivity contribution in [2.24, 2.45) is 0 Å². The maximum atomic E-state index is 13.8. The standard InChI is InChI=1S/C18H20BrFO/c1-12-10-13(18(2,3)4)8-9-16(12)21-17-7-5-6-15(20)14(17)11-19/h5-10H,11H2,1-4H3. The quantitative estimate of drug-likeness (QED) is 0.606. The Kier molecular flexibility index (Phi) is 4.72. The van der Waals surface area contributed by atoms with Crippen LogP contribution in [-0.2, 0) is 10.7 Å². The Morgan fingerprint density at radius 2 is 1.81 bits per heavy atom.